The van der Waals surface area contributed by atoms with Gasteiger partial charge in [-0.1, -0.05) is 11.6 Å². The number of aliphatic hydroxyl groups excluding tert-OH is 1. The van der Waals surface area contributed by atoms with Crippen LogP contribution in [0.2, 0.25) is 4.34 Å². The quantitative estimate of drug-likeness (QED) is 0.440. The van der Waals surface area contributed by atoms with Crippen molar-refractivity contribution in [1.29, 1.82) is 0 Å². The number of halogens is 1. The maximum atomic E-state index is 11.0. The number of ketones is 1. The summed E-state index contributed by atoms with van der Waals surface area (Å²) < 4.78 is 0.569. The maximum Gasteiger partial charge on any atom is 0.198 e. The zero-order valence-electron chi connectivity index (χ0n) is 5.45. The van der Waals surface area contributed by atoms with Gasteiger partial charge in [-0.05, 0) is 12.1 Å². The molecule has 0 atom stereocenters. The third-order valence-corrected chi connectivity index (χ3v) is 2.29. The van der Waals surface area contributed by atoms with Gasteiger partial charge in [0.1, 0.15) is 0 Å². The Morgan fingerprint density at radius 3 is 2.82 bits per heavy atom. The van der Waals surface area contributed by atoms with Crippen LogP contribution in [0.5, 0.6) is 0 Å². The third-order valence-electron chi connectivity index (χ3n) is 1.04. The van der Waals surface area contributed by atoms with E-state index in [2.05, 4.69) is 0 Å². The van der Waals surface area contributed by atoms with Gasteiger partial charge in [0, 0.05) is 6.08 Å². The first-order valence-corrected chi connectivity index (χ1v) is 4.04. The van der Waals surface area contributed by atoms with Crippen LogP contribution in [0.3, 0.4) is 0 Å². The van der Waals surface area contributed by atoms with E-state index in [0.717, 1.165) is 12.3 Å². The predicted molar refractivity (Wildman–Crippen MR) is 45.4 cm³/mol. The molecule has 0 aromatic carbocycles. The number of carbonyl (C=O) groups excluding carboxylic acids is 1. The molecule has 0 saturated carbocycles. The second-order valence-corrected chi connectivity index (χ2v) is 3.50. The van der Waals surface area contributed by atoms with Crippen molar-refractivity contribution >= 4 is 28.7 Å². The lowest BCUT2D eigenvalue weighted by atomic mass is 10.3. The number of rotatable bonds is 2. The highest BCUT2D eigenvalue weighted by atomic mass is 35.5. The number of allylic oxidation sites excluding steroid dienone is 1. The van der Waals surface area contributed by atoms with Crippen LogP contribution in [-0.2, 0) is 0 Å². The molecule has 0 spiro atoms. The molecule has 0 aliphatic heterocycles. The van der Waals surface area contributed by atoms with Gasteiger partial charge in [-0.2, -0.15) is 0 Å². The highest BCUT2D eigenvalue weighted by molar-refractivity contribution is 7.18. The molecule has 11 heavy (non-hydrogen) atoms. The van der Waals surface area contributed by atoms with E-state index in [4.69, 9.17) is 16.7 Å². The lowest BCUT2D eigenvalue weighted by molar-refractivity contribution is 0.104. The van der Waals surface area contributed by atoms with Crippen LogP contribution >= 0.6 is 22.9 Å². The molecule has 1 heterocycles. The molecule has 2 nitrogen and oxygen atoms in total. The molecule has 0 unspecified atom stereocenters. The molecule has 1 rings (SSSR count). The molecule has 0 amide bonds. The summed E-state index contributed by atoms with van der Waals surface area (Å²) in [7, 11) is 0. The van der Waals surface area contributed by atoms with Crippen molar-refractivity contribution in [2.75, 3.05) is 0 Å². The van der Waals surface area contributed by atoms with E-state index in [1.54, 1.807) is 12.1 Å². The summed E-state index contributed by atoms with van der Waals surface area (Å²) in [5.74, 6) is -0.232. The minimum atomic E-state index is -0.232. The maximum absolute atomic E-state index is 11.0. The average Bonchev–Trinajstić information content (AvgIpc) is 2.36. The highest BCUT2D eigenvalue weighted by Gasteiger charge is 2.03. The zero-order valence-corrected chi connectivity index (χ0v) is 7.02. The van der Waals surface area contributed by atoms with Gasteiger partial charge in [-0.15, -0.1) is 11.3 Å². The summed E-state index contributed by atoms with van der Waals surface area (Å²) in [4.78, 5) is 11.5. The molecule has 0 radical (unpaired) electrons. The fourth-order valence-corrected chi connectivity index (χ4v) is 1.56. The molecule has 0 fully saturated rings. The lowest BCUT2D eigenvalue weighted by Gasteiger charge is -1.83. The van der Waals surface area contributed by atoms with Crippen LogP contribution in [-0.4, -0.2) is 10.9 Å². The Labute approximate surface area is 72.7 Å². The van der Waals surface area contributed by atoms with E-state index in [1.165, 1.54) is 11.3 Å². The second-order valence-electron chi connectivity index (χ2n) is 1.78. The SMILES string of the molecule is O=C(/C=C/O)c1ccc(Cl)s1. The fraction of sp³-hybridized carbons (Fsp3) is 0. The molecule has 0 bridgehead atoms. The molecule has 58 valence electrons. The minimum Gasteiger partial charge on any atom is -0.515 e. The van der Waals surface area contributed by atoms with Crippen molar-refractivity contribution in [1.82, 2.24) is 0 Å². The van der Waals surface area contributed by atoms with E-state index in [-0.39, 0.29) is 5.78 Å². The van der Waals surface area contributed by atoms with E-state index < -0.39 is 0 Å². The van der Waals surface area contributed by atoms with Crippen LogP contribution in [0, 0.1) is 0 Å². The van der Waals surface area contributed by atoms with E-state index >= 15 is 0 Å². The fourth-order valence-electron chi connectivity index (χ4n) is 0.597. The van der Waals surface area contributed by atoms with Crippen molar-refractivity contribution in [2.24, 2.45) is 0 Å². The Balaban J connectivity index is 2.85. The Bertz CT molecular complexity index is 290. The standard InChI is InChI=1S/C7H5ClO2S/c8-7-2-1-6(11-7)5(10)3-4-9/h1-4,9H/b4-3+. The van der Waals surface area contributed by atoms with Gasteiger partial charge < -0.3 is 5.11 Å². The second kappa shape index (κ2) is 3.55. The van der Waals surface area contributed by atoms with Gasteiger partial charge in [0.25, 0.3) is 0 Å². The van der Waals surface area contributed by atoms with Crippen LogP contribution in [0.25, 0.3) is 0 Å². The summed E-state index contributed by atoms with van der Waals surface area (Å²) in [5.41, 5.74) is 0. The number of hydrogen-bond acceptors (Lipinski definition) is 3. The monoisotopic (exact) mass is 188 g/mol. The van der Waals surface area contributed by atoms with Crippen LogP contribution in [0.15, 0.2) is 24.5 Å². The minimum absolute atomic E-state index is 0.232. The van der Waals surface area contributed by atoms with Crippen molar-refractivity contribution in [3.05, 3.63) is 33.7 Å². The molecular weight excluding hydrogens is 184 g/mol. The summed E-state index contributed by atoms with van der Waals surface area (Å²) in [6.07, 6.45) is 1.80. The molecule has 1 N–H and O–H groups in total. The van der Waals surface area contributed by atoms with Crippen molar-refractivity contribution in [3.8, 4) is 0 Å². The van der Waals surface area contributed by atoms with Crippen molar-refractivity contribution in [2.45, 2.75) is 0 Å². The molecule has 0 aliphatic carbocycles. The third kappa shape index (κ3) is 2.06. The molecular formula is C7H5ClO2S. The van der Waals surface area contributed by atoms with Crippen LogP contribution in [0.4, 0.5) is 0 Å². The van der Waals surface area contributed by atoms with Gasteiger partial charge in [-0.3, -0.25) is 4.79 Å². The highest BCUT2D eigenvalue weighted by Crippen LogP contribution is 2.21. The lowest BCUT2D eigenvalue weighted by Crippen LogP contribution is -1.87. The van der Waals surface area contributed by atoms with E-state index in [0.29, 0.717) is 9.21 Å². The number of hydrogen-bond donors (Lipinski definition) is 1. The van der Waals surface area contributed by atoms with Crippen LogP contribution in [0.1, 0.15) is 9.67 Å². The first-order valence-electron chi connectivity index (χ1n) is 2.84. The van der Waals surface area contributed by atoms with Gasteiger partial charge >= 0.3 is 0 Å². The smallest absolute Gasteiger partial charge is 0.198 e. The number of aliphatic hydroxyl groups is 1. The first kappa shape index (κ1) is 8.30. The average molecular weight is 189 g/mol. The Morgan fingerprint density at radius 2 is 2.36 bits per heavy atom. The van der Waals surface area contributed by atoms with E-state index in [9.17, 15) is 4.79 Å². The summed E-state index contributed by atoms with van der Waals surface area (Å²) in [6.45, 7) is 0. The molecule has 0 saturated heterocycles. The Hall–Kier alpha value is -0.800. The summed E-state index contributed by atoms with van der Waals surface area (Å²) >= 11 is 6.77. The molecule has 1 aromatic rings. The number of thiophene rings is 1. The Kier molecular flexibility index (Phi) is 2.68. The first-order chi connectivity index (χ1) is 5.24. The zero-order chi connectivity index (χ0) is 8.27. The predicted octanol–water partition coefficient (Wildman–Crippen LogP) is 2.66. The van der Waals surface area contributed by atoms with Crippen LogP contribution < -0.4 is 0 Å². The summed E-state index contributed by atoms with van der Waals surface area (Å²) in [5, 5.41) is 8.28. The number of carbonyl (C=O) groups is 1. The topological polar surface area (TPSA) is 37.3 Å². The van der Waals surface area contributed by atoms with Crippen molar-refractivity contribution in [3.63, 3.8) is 0 Å². The van der Waals surface area contributed by atoms with E-state index in [1.807, 2.05) is 0 Å². The van der Waals surface area contributed by atoms with Gasteiger partial charge in [0.15, 0.2) is 5.78 Å². The summed E-state index contributed by atoms with van der Waals surface area (Å²) in [6, 6.07) is 3.26. The normalized spacial score (nSPS) is 10.6. The van der Waals surface area contributed by atoms with Gasteiger partial charge in [0.2, 0.25) is 0 Å². The molecule has 4 heteroatoms. The molecule has 1 aromatic heterocycles. The largest absolute Gasteiger partial charge is 0.515 e. The molecule has 0 aliphatic rings. The van der Waals surface area contributed by atoms with Crippen molar-refractivity contribution < 1.29 is 9.90 Å². The van der Waals surface area contributed by atoms with Gasteiger partial charge in [-0.25, -0.2) is 0 Å². The van der Waals surface area contributed by atoms with Gasteiger partial charge in [0.05, 0.1) is 15.5 Å². The Morgan fingerprint density at radius 1 is 1.64 bits per heavy atom.